The zero-order valence-corrected chi connectivity index (χ0v) is 11.2. The number of carbonyl (C=O) groups is 1. The van der Waals surface area contributed by atoms with Crippen LogP contribution in [0.3, 0.4) is 0 Å². The lowest BCUT2D eigenvalue weighted by Gasteiger charge is -1.98. The fraction of sp³-hybridized carbons (Fsp3) is 0.133. The number of aryl methyl sites for hydroxylation is 1. The maximum absolute atomic E-state index is 11.0. The molecule has 1 aliphatic heterocycles. The summed E-state index contributed by atoms with van der Waals surface area (Å²) in [5, 5.41) is 4.41. The predicted molar refractivity (Wildman–Crippen MR) is 74.7 cm³/mol. The molecular weight excluding hydrogens is 270 g/mol. The Hall–Kier alpha value is -2.89. The summed E-state index contributed by atoms with van der Waals surface area (Å²) in [5.74, 6) is 1.99. The van der Waals surface area contributed by atoms with Crippen molar-refractivity contribution in [1.82, 2.24) is 14.6 Å². The van der Waals surface area contributed by atoms with E-state index in [1.807, 2.05) is 31.2 Å². The summed E-state index contributed by atoms with van der Waals surface area (Å²) in [6, 6.07) is 7.42. The van der Waals surface area contributed by atoms with Gasteiger partial charge in [0.05, 0.1) is 0 Å². The number of aromatic nitrogens is 3. The molecule has 0 aliphatic carbocycles. The molecule has 6 heteroatoms. The van der Waals surface area contributed by atoms with Crippen LogP contribution in [0.25, 0.3) is 17.0 Å². The lowest BCUT2D eigenvalue weighted by molar-refractivity contribution is 0.112. The molecule has 0 saturated carbocycles. The lowest BCUT2D eigenvalue weighted by atomic mass is 10.2. The molecule has 0 atom stereocenters. The molecule has 0 saturated heterocycles. The van der Waals surface area contributed by atoms with Gasteiger partial charge in [-0.25, -0.2) is 9.50 Å². The van der Waals surface area contributed by atoms with Crippen molar-refractivity contribution in [3.05, 3.63) is 41.6 Å². The SMILES string of the molecule is Cc1cc2nc(-c3ccc4c(c3)OCO4)nn2cc1C=O. The Labute approximate surface area is 119 Å². The van der Waals surface area contributed by atoms with E-state index in [9.17, 15) is 4.79 Å². The third-order valence-corrected chi connectivity index (χ3v) is 3.48. The van der Waals surface area contributed by atoms with Crippen molar-refractivity contribution in [2.75, 3.05) is 6.79 Å². The maximum Gasteiger partial charge on any atom is 0.231 e. The second-order valence-electron chi connectivity index (χ2n) is 4.84. The second-order valence-corrected chi connectivity index (χ2v) is 4.84. The van der Waals surface area contributed by atoms with E-state index in [2.05, 4.69) is 10.1 Å². The first-order valence-corrected chi connectivity index (χ1v) is 6.47. The third-order valence-electron chi connectivity index (χ3n) is 3.48. The van der Waals surface area contributed by atoms with Gasteiger partial charge in [0.2, 0.25) is 6.79 Å². The fourth-order valence-electron chi connectivity index (χ4n) is 2.32. The second kappa shape index (κ2) is 4.31. The highest BCUT2D eigenvalue weighted by Gasteiger charge is 2.16. The number of nitrogens with zero attached hydrogens (tertiary/aromatic N) is 3. The van der Waals surface area contributed by atoms with E-state index in [4.69, 9.17) is 9.47 Å². The predicted octanol–water partition coefficient (Wildman–Crippen LogP) is 2.25. The van der Waals surface area contributed by atoms with E-state index >= 15 is 0 Å². The van der Waals surface area contributed by atoms with Gasteiger partial charge < -0.3 is 9.47 Å². The van der Waals surface area contributed by atoms with Crippen molar-refractivity contribution in [1.29, 1.82) is 0 Å². The Morgan fingerprint density at radius 2 is 2.10 bits per heavy atom. The van der Waals surface area contributed by atoms with Crippen LogP contribution >= 0.6 is 0 Å². The largest absolute Gasteiger partial charge is 0.454 e. The molecule has 2 aromatic heterocycles. The van der Waals surface area contributed by atoms with Crippen molar-refractivity contribution < 1.29 is 14.3 Å². The molecule has 0 amide bonds. The number of fused-ring (bicyclic) bond motifs is 2. The average Bonchev–Trinajstić information content (AvgIpc) is 3.11. The van der Waals surface area contributed by atoms with E-state index in [0.717, 1.165) is 23.2 Å². The zero-order chi connectivity index (χ0) is 14.4. The van der Waals surface area contributed by atoms with E-state index in [0.29, 0.717) is 22.8 Å². The number of hydrogen-bond acceptors (Lipinski definition) is 5. The van der Waals surface area contributed by atoms with Crippen LogP contribution in [-0.2, 0) is 0 Å². The first-order valence-electron chi connectivity index (χ1n) is 6.47. The molecule has 4 rings (SSSR count). The summed E-state index contributed by atoms with van der Waals surface area (Å²) in [6.45, 7) is 2.11. The highest BCUT2D eigenvalue weighted by molar-refractivity contribution is 5.77. The molecule has 3 aromatic rings. The number of benzene rings is 1. The highest BCUT2D eigenvalue weighted by Crippen LogP contribution is 2.35. The molecule has 21 heavy (non-hydrogen) atoms. The summed E-state index contributed by atoms with van der Waals surface area (Å²) < 4.78 is 12.3. The van der Waals surface area contributed by atoms with Crippen LogP contribution in [0, 0.1) is 6.92 Å². The fourth-order valence-corrected chi connectivity index (χ4v) is 2.32. The monoisotopic (exact) mass is 281 g/mol. The van der Waals surface area contributed by atoms with Gasteiger partial charge in [0, 0.05) is 17.3 Å². The van der Waals surface area contributed by atoms with Crippen LogP contribution in [0.1, 0.15) is 15.9 Å². The number of pyridine rings is 1. The number of carbonyl (C=O) groups excluding carboxylic acids is 1. The van der Waals surface area contributed by atoms with Crippen LogP contribution in [0.15, 0.2) is 30.5 Å². The van der Waals surface area contributed by atoms with Gasteiger partial charge in [-0.15, -0.1) is 5.10 Å². The van der Waals surface area contributed by atoms with E-state index in [1.54, 1.807) is 10.7 Å². The molecule has 104 valence electrons. The molecule has 0 spiro atoms. The van der Waals surface area contributed by atoms with Gasteiger partial charge in [0.15, 0.2) is 29.3 Å². The van der Waals surface area contributed by atoms with Gasteiger partial charge in [-0.1, -0.05) is 0 Å². The minimum atomic E-state index is 0.235. The average molecular weight is 281 g/mol. The van der Waals surface area contributed by atoms with Crippen LogP contribution in [-0.4, -0.2) is 27.7 Å². The Bertz CT molecular complexity index is 870. The molecule has 6 nitrogen and oxygen atoms in total. The number of aldehydes is 1. The van der Waals surface area contributed by atoms with Gasteiger partial charge in [-0.05, 0) is 36.8 Å². The van der Waals surface area contributed by atoms with Crippen LogP contribution in [0.5, 0.6) is 11.5 Å². The summed E-state index contributed by atoms with van der Waals surface area (Å²) in [5.41, 5.74) is 3.02. The normalized spacial score (nSPS) is 12.8. The molecule has 0 unspecified atom stereocenters. The Kier molecular flexibility index (Phi) is 2.44. The van der Waals surface area contributed by atoms with Gasteiger partial charge >= 0.3 is 0 Å². The van der Waals surface area contributed by atoms with E-state index < -0.39 is 0 Å². The van der Waals surface area contributed by atoms with E-state index in [-0.39, 0.29) is 6.79 Å². The van der Waals surface area contributed by atoms with Gasteiger partial charge in [-0.3, -0.25) is 4.79 Å². The summed E-state index contributed by atoms with van der Waals surface area (Å²) in [4.78, 5) is 15.5. The number of hydrogen-bond donors (Lipinski definition) is 0. The smallest absolute Gasteiger partial charge is 0.231 e. The van der Waals surface area contributed by atoms with Crippen molar-refractivity contribution >= 4 is 11.9 Å². The maximum atomic E-state index is 11.0. The van der Waals surface area contributed by atoms with Crippen molar-refractivity contribution in [3.8, 4) is 22.9 Å². The van der Waals surface area contributed by atoms with Gasteiger partial charge in [0.25, 0.3) is 0 Å². The van der Waals surface area contributed by atoms with Crippen LogP contribution in [0.2, 0.25) is 0 Å². The van der Waals surface area contributed by atoms with E-state index in [1.165, 1.54) is 0 Å². The summed E-state index contributed by atoms with van der Waals surface area (Å²) in [7, 11) is 0. The van der Waals surface area contributed by atoms with Gasteiger partial charge in [0.1, 0.15) is 0 Å². The first kappa shape index (κ1) is 11.9. The Morgan fingerprint density at radius 1 is 1.24 bits per heavy atom. The number of ether oxygens (including phenoxy) is 2. The van der Waals surface area contributed by atoms with Crippen molar-refractivity contribution in [2.45, 2.75) is 6.92 Å². The lowest BCUT2D eigenvalue weighted by Crippen LogP contribution is -1.94. The van der Waals surface area contributed by atoms with Crippen molar-refractivity contribution in [3.63, 3.8) is 0 Å². The van der Waals surface area contributed by atoms with Gasteiger partial charge in [-0.2, -0.15) is 0 Å². The molecule has 0 radical (unpaired) electrons. The molecule has 1 aromatic carbocycles. The molecular formula is C15H11N3O3. The Balaban J connectivity index is 1.85. The minimum Gasteiger partial charge on any atom is -0.454 e. The van der Waals surface area contributed by atoms with Crippen molar-refractivity contribution in [2.24, 2.45) is 0 Å². The highest BCUT2D eigenvalue weighted by atomic mass is 16.7. The molecule has 0 bridgehead atoms. The first-order chi connectivity index (χ1) is 10.2. The number of rotatable bonds is 2. The topological polar surface area (TPSA) is 65.7 Å². The minimum absolute atomic E-state index is 0.235. The Morgan fingerprint density at radius 3 is 2.95 bits per heavy atom. The zero-order valence-electron chi connectivity index (χ0n) is 11.2. The molecule has 0 N–H and O–H groups in total. The van der Waals surface area contributed by atoms with Crippen LogP contribution < -0.4 is 9.47 Å². The third kappa shape index (κ3) is 1.84. The summed E-state index contributed by atoms with van der Waals surface area (Å²) >= 11 is 0. The molecule has 3 heterocycles. The quantitative estimate of drug-likeness (QED) is 0.674. The molecule has 1 aliphatic rings. The standard InChI is InChI=1S/C15H11N3O3/c1-9-4-14-16-15(17-18(14)6-11(9)7-19)10-2-3-12-13(5-10)21-8-20-12/h2-7H,8H2,1H3. The van der Waals surface area contributed by atoms with Crippen LogP contribution in [0.4, 0.5) is 0 Å². The summed E-state index contributed by atoms with van der Waals surface area (Å²) in [6.07, 6.45) is 2.50. The molecule has 0 fully saturated rings.